The van der Waals surface area contributed by atoms with E-state index in [2.05, 4.69) is 15.5 Å². The SMILES string of the molecule is CCC(NCc1nnc2ccccn12)c1ccccc1F. The highest BCUT2D eigenvalue weighted by atomic mass is 19.1. The molecular formula is C16H17FN4. The molecule has 108 valence electrons. The Morgan fingerprint density at radius 3 is 2.76 bits per heavy atom. The maximum Gasteiger partial charge on any atom is 0.160 e. The largest absolute Gasteiger partial charge is 0.303 e. The fraction of sp³-hybridized carbons (Fsp3) is 0.250. The Morgan fingerprint density at radius 1 is 1.14 bits per heavy atom. The molecule has 5 heteroatoms. The van der Waals surface area contributed by atoms with Crippen LogP contribution in [0.25, 0.3) is 5.65 Å². The van der Waals surface area contributed by atoms with Crippen LogP contribution in [0.1, 0.15) is 30.8 Å². The van der Waals surface area contributed by atoms with E-state index in [4.69, 9.17) is 0 Å². The third-order valence-electron chi connectivity index (χ3n) is 3.58. The summed E-state index contributed by atoms with van der Waals surface area (Å²) in [5.74, 6) is 0.642. The first-order chi connectivity index (χ1) is 10.3. The van der Waals surface area contributed by atoms with Crippen LogP contribution in [0.4, 0.5) is 4.39 Å². The van der Waals surface area contributed by atoms with Crippen molar-refractivity contribution >= 4 is 5.65 Å². The number of aromatic nitrogens is 3. The smallest absolute Gasteiger partial charge is 0.160 e. The predicted molar refractivity (Wildman–Crippen MR) is 79.3 cm³/mol. The Labute approximate surface area is 122 Å². The molecule has 0 bridgehead atoms. The molecule has 1 aromatic carbocycles. The molecule has 21 heavy (non-hydrogen) atoms. The summed E-state index contributed by atoms with van der Waals surface area (Å²) in [7, 11) is 0. The van der Waals surface area contributed by atoms with Crippen LogP contribution in [0, 0.1) is 5.82 Å². The van der Waals surface area contributed by atoms with Gasteiger partial charge < -0.3 is 5.32 Å². The Bertz CT molecular complexity index is 738. The average Bonchev–Trinajstić information content (AvgIpc) is 2.93. The normalized spacial score (nSPS) is 12.7. The first-order valence-electron chi connectivity index (χ1n) is 7.06. The molecular weight excluding hydrogens is 267 g/mol. The maximum absolute atomic E-state index is 13.9. The van der Waals surface area contributed by atoms with Crippen LogP contribution in [0.5, 0.6) is 0 Å². The van der Waals surface area contributed by atoms with E-state index in [9.17, 15) is 4.39 Å². The minimum absolute atomic E-state index is 0.0396. The van der Waals surface area contributed by atoms with Crippen LogP contribution in [-0.4, -0.2) is 14.6 Å². The zero-order valence-electron chi connectivity index (χ0n) is 11.8. The molecule has 0 aliphatic carbocycles. The monoisotopic (exact) mass is 284 g/mol. The minimum Gasteiger partial charge on any atom is -0.303 e. The fourth-order valence-corrected chi connectivity index (χ4v) is 2.46. The van der Waals surface area contributed by atoms with Crippen molar-refractivity contribution in [2.45, 2.75) is 25.9 Å². The van der Waals surface area contributed by atoms with Gasteiger partial charge in [0.2, 0.25) is 0 Å². The van der Waals surface area contributed by atoms with Crippen molar-refractivity contribution in [3.63, 3.8) is 0 Å². The number of halogens is 1. The Balaban J connectivity index is 1.78. The Morgan fingerprint density at radius 2 is 1.95 bits per heavy atom. The number of rotatable bonds is 5. The Kier molecular flexibility index (Phi) is 3.92. The lowest BCUT2D eigenvalue weighted by Gasteiger charge is -2.17. The molecule has 0 amide bonds. The van der Waals surface area contributed by atoms with Gasteiger partial charge in [-0.15, -0.1) is 10.2 Å². The molecule has 2 aromatic heterocycles. The molecule has 0 aliphatic heterocycles. The number of nitrogens with one attached hydrogen (secondary N) is 1. The van der Waals surface area contributed by atoms with E-state index in [0.29, 0.717) is 12.1 Å². The lowest BCUT2D eigenvalue weighted by atomic mass is 10.0. The van der Waals surface area contributed by atoms with Gasteiger partial charge in [-0.05, 0) is 24.6 Å². The third-order valence-corrected chi connectivity index (χ3v) is 3.58. The van der Waals surface area contributed by atoms with Gasteiger partial charge in [-0.2, -0.15) is 0 Å². The van der Waals surface area contributed by atoms with Crippen LogP contribution >= 0.6 is 0 Å². The van der Waals surface area contributed by atoms with E-state index < -0.39 is 0 Å². The van der Waals surface area contributed by atoms with E-state index >= 15 is 0 Å². The van der Waals surface area contributed by atoms with Crippen molar-refractivity contribution in [2.24, 2.45) is 0 Å². The van der Waals surface area contributed by atoms with Crippen molar-refractivity contribution in [1.29, 1.82) is 0 Å². The van der Waals surface area contributed by atoms with E-state index in [-0.39, 0.29) is 11.9 Å². The number of hydrogen-bond donors (Lipinski definition) is 1. The quantitative estimate of drug-likeness (QED) is 0.782. The van der Waals surface area contributed by atoms with Crippen LogP contribution in [-0.2, 0) is 6.54 Å². The highest BCUT2D eigenvalue weighted by molar-refractivity contribution is 5.37. The second-order valence-electron chi connectivity index (χ2n) is 4.91. The van der Waals surface area contributed by atoms with Crippen LogP contribution < -0.4 is 5.32 Å². The lowest BCUT2D eigenvalue weighted by Crippen LogP contribution is -2.22. The van der Waals surface area contributed by atoms with Gasteiger partial charge in [0, 0.05) is 17.8 Å². The molecule has 4 nitrogen and oxygen atoms in total. The number of pyridine rings is 1. The molecule has 1 atom stereocenters. The second kappa shape index (κ2) is 6.01. The van der Waals surface area contributed by atoms with Gasteiger partial charge in [-0.1, -0.05) is 31.2 Å². The van der Waals surface area contributed by atoms with Crippen molar-refractivity contribution in [1.82, 2.24) is 19.9 Å². The zero-order chi connectivity index (χ0) is 14.7. The van der Waals surface area contributed by atoms with Gasteiger partial charge in [0.25, 0.3) is 0 Å². The summed E-state index contributed by atoms with van der Waals surface area (Å²) < 4.78 is 15.8. The van der Waals surface area contributed by atoms with Crippen molar-refractivity contribution in [3.05, 3.63) is 65.9 Å². The highest BCUT2D eigenvalue weighted by Crippen LogP contribution is 2.20. The lowest BCUT2D eigenvalue weighted by molar-refractivity contribution is 0.479. The van der Waals surface area contributed by atoms with Gasteiger partial charge in [0.1, 0.15) is 5.82 Å². The van der Waals surface area contributed by atoms with Crippen LogP contribution in [0.2, 0.25) is 0 Å². The predicted octanol–water partition coefficient (Wildman–Crippen LogP) is 3.11. The molecule has 0 spiro atoms. The molecule has 0 aliphatic rings. The van der Waals surface area contributed by atoms with Gasteiger partial charge in [-0.3, -0.25) is 4.40 Å². The molecule has 1 N–H and O–H groups in total. The van der Waals surface area contributed by atoms with Crippen molar-refractivity contribution in [2.75, 3.05) is 0 Å². The summed E-state index contributed by atoms with van der Waals surface area (Å²) in [4.78, 5) is 0. The fourth-order valence-electron chi connectivity index (χ4n) is 2.46. The molecule has 0 saturated heterocycles. The van der Waals surface area contributed by atoms with E-state index in [1.165, 1.54) is 6.07 Å². The van der Waals surface area contributed by atoms with Crippen LogP contribution in [0.15, 0.2) is 48.7 Å². The first kappa shape index (κ1) is 13.7. The molecule has 2 heterocycles. The van der Waals surface area contributed by atoms with Gasteiger partial charge in [0.15, 0.2) is 11.5 Å². The second-order valence-corrected chi connectivity index (χ2v) is 4.91. The summed E-state index contributed by atoms with van der Waals surface area (Å²) in [5.41, 5.74) is 1.50. The van der Waals surface area contributed by atoms with Gasteiger partial charge in [-0.25, -0.2) is 4.39 Å². The maximum atomic E-state index is 13.9. The molecule has 1 unspecified atom stereocenters. The summed E-state index contributed by atoms with van der Waals surface area (Å²) >= 11 is 0. The average molecular weight is 284 g/mol. The molecule has 0 saturated carbocycles. The summed E-state index contributed by atoms with van der Waals surface area (Å²) in [6.07, 6.45) is 2.73. The van der Waals surface area contributed by atoms with Crippen molar-refractivity contribution in [3.8, 4) is 0 Å². The third kappa shape index (κ3) is 2.78. The molecule has 0 radical (unpaired) electrons. The number of nitrogens with zero attached hydrogens (tertiary/aromatic N) is 3. The standard InChI is InChI=1S/C16H17FN4/c1-2-14(12-7-3-4-8-13(12)17)18-11-16-20-19-15-9-5-6-10-21(15)16/h3-10,14,18H,2,11H2,1H3. The zero-order valence-corrected chi connectivity index (χ0v) is 11.8. The topological polar surface area (TPSA) is 42.2 Å². The highest BCUT2D eigenvalue weighted by Gasteiger charge is 2.14. The first-order valence-corrected chi connectivity index (χ1v) is 7.06. The van der Waals surface area contributed by atoms with E-state index in [1.54, 1.807) is 6.07 Å². The van der Waals surface area contributed by atoms with E-state index in [0.717, 1.165) is 17.9 Å². The Hall–Kier alpha value is -2.27. The number of benzene rings is 1. The molecule has 0 fully saturated rings. The number of fused-ring (bicyclic) bond motifs is 1. The summed E-state index contributed by atoms with van der Waals surface area (Å²) in [5, 5.41) is 11.6. The van der Waals surface area contributed by atoms with Crippen LogP contribution in [0.3, 0.4) is 0 Å². The molecule has 3 aromatic rings. The number of hydrogen-bond acceptors (Lipinski definition) is 3. The molecule has 3 rings (SSSR count). The van der Waals surface area contributed by atoms with Crippen molar-refractivity contribution < 1.29 is 4.39 Å². The summed E-state index contributed by atoms with van der Waals surface area (Å²) in [6, 6.07) is 12.6. The minimum atomic E-state index is -0.178. The van der Waals surface area contributed by atoms with E-state index in [1.807, 2.05) is 47.9 Å². The van der Waals surface area contributed by atoms with Gasteiger partial charge in [0.05, 0.1) is 6.54 Å². The van der Waals surface area contributed by atoms with Gasteiger partial charge >= 0.3 is 0 Å². The summed E-state index contributed by atoms with van der Waals surface area (Å²) in [6.45, 7) is 2.57.